The second kappa shape index (κ2) is 10.7. The SMILES string of the molecule is COc1cc(CNC(=O)c2ccc(S(=O)(=O)N3CCCC3)cc2)ccc1OCc1ccccc1. The van der Waals surface area contributed by atoms with Crippen molar-refractivity contribution in [2.45, 2.75) is 30.9 Å². The minimum atomic E-state index is -3.49. The maximum atomic E-state index is 12.6. The van der Waals surface area contributed by atoms with Gasteiger partial charge in [0.1, 0.15) is 6.61 Å². The molecule has 3 aromatic carbocycles. The lowest BCUT2D eigenvalue weighted by Crippen LogP contribution is -2.28. The summed E-state index contributed by atoms with van der Waals surface area (Å²) in [6.07, 6.45) is 1.76. The fourth-order valence-corrected chi connectivity index (χ4v) is 5.33. The largest absolute Gasteiger partial charge is 0.493 e. The van der Waals surface area contributed by atoms with Crippen LogP contribution >= 0.6 is 0 Å². The van der Waals surface area contributed by atoms with Crippen molar-refractivity contribution in [2.75, 3.05) is 20.2 Å². The molecule has 1 saturated heterocycles. The van der Waals surface area contributed by atoms with E-state index in [1.54, 1.807) is 19.2 Å². The van der Waals surface area contributed by atoms with Gasteiger partial charge in [0, 0.05) is 25.2 Å². The predicted octanol–water partition coefficient (Wildman–Crippen LogP) is 3.99. The molecule has 1 aliphatic rings. The Hall–Kier alpha value is -3.36. The van der Waals surface area contributed by atoms with E-state index in [0.29, 0.717) is 43.3 Å². The third-order valence-corrected chi connectivity index (χ3v) is 7.65. The van der Waals surface area contributed by atoms with E-state index >= 15 is 0 Å². The van der Waals surface area contributed by atoms with Gasteiger partial charge >= 0.3 is 0 Å². The Bertz CT molecular complexity index is 1220. The van der Waals surface area contributed by atoms with Crippen molar-refractivity contribution in [3.8, 4) is 11.5 Å². The third-order valence-electron chi connectivity index (χ3n) is 5.74. The van der Waals surface area contributed by atoms with E-state index in [1.165, 1.54) is 16.4 Å². The van der Waals surface area contributed by atoms with Gasteiger partial charge in [-0.05, 0) is 60.4 Å². The first kappa shape index (κ1) is 23.8. The normalized spacial score (nSPS) is 14.0. The maximum absolute atomic E-state index is 12.6. The van der Waals surface area contributed by atoms with Gasteiger partial charge < -0.3 is 14.8 Å². The number of rotatable bonds is 9. The van der Waals surface area contributed by atoms with Crippen molar-refractivity contribution in [1.82, 2.24) is 9.62 Å². The molecule has 0 atom stereocenters. The highest BCUT2D eigenvalue weighted by Gasteiger charge is 2.27. The van der Waals surface area contributed by atoms with Crippen LogP contribution in [0.3, 0.4) is 0 Å². The number of amides is 1. The Morgan fingerprint density at radius 2 is 1.62 bits per heavy atom. The molecule has 7 nitrogen and oxygen atoms in total. The van der Waals surface area contributed by atoms with Crippen molar-refractivity contribution in [1.29, 1.82) is 0 Å². The van der Waals surface area contributed by atoms with E-state index in [1.807, 2.05) is 48.5 Å². The minimum absolute atomic E-state index is 0.210. The van der Waals surface area contributed by atoms with Crippen LogP contribution in [-0.2, 0) is 23.2 Å². The quantitative estimate of drug-likeness (QED) is 0.501. The summed E-state index contributed by atoms with van der Waals surface area (Å²) in [5.74, 6) is 0.920. The summed E-state index contributed by atoms with van der Waals surface area (Å²) in [6, 6.07) is 21.4. The molecule has 1 heterocycles. The Balaban J connectivity index is 1.35. The number of nitrogens with one attached hydrogen (secondary N) is 1. The molecule has 1 aliphatic heterocycles. The average Bonchev–Trinajstić information content (AvgIpc) is 3.43. The molecule has 178 valence electrons. The van der Waals surface area contributed by atoms with Crippen LogP contribution in [-0.4, -0.2) is 38.8 Å². The van der Waals surface area contributed by atoms with Crippen LogP contribution in [0.25, 0.3) is 0 Å². The van der Waals surface area contributed by atoms with E-state index in [4.69, 9.17) is 9.47 Å². The maximum Gasteiger partial charge on any atom is 0.251 e. The van der Waals surface area contributed by atoms with E-state index in [0.717, 1.165) is 24.0 Å². The summed E-state index contributed by atoms with van der Waals surface area (Å²) >= 11 is 0. The lowest BCUT2D eigenvalue weighted by atomic mass is 10.1. The summed E-state index contributed by atoms with van der Waals surface area (Å²) in [5, 5.41) is 2.86. The number of ether oxygens (including phenoxy) is 2. The van der Waals surface area contributed by atoms with Crippen molar-refractivity contribution in [3.05, 3.63) is 89.5 Å². The number of methoxy groups -OCH3 is 1. The van der Waals surface area contributed by atoms with Gasteiger partial charge in [-0.1, -0.05) is 36.4 Å². The zero-order chi connectivity index (χ0) is 24.0. The van der Waals surface area contributed by atoms with Crippen molar-refractivity contribution >= 4 is 15.9 Å². The first-order valence-electron chi connectivity index (χ1n) is 11.2. The summed E-state index contributed by atoms with van der Waals surface area (Å²) in [6.45, 7) is 1.81. The molecule has 8 heteroatoms. The molecule has 0 saturated carbocycles. The van der Waals surface area contributed by atoms with Gasteiger partial charge in [0.05, 0.1) is 12.0 Å². The number of nitrogens with zero attached hydrogens (tertiary/aromatic N) is 1. The summed E-state index contributed by atoms with van der Waals surface area (Å²) in [4.78, 5) is 12.8. The van der Waals surface area contributed by atoms with Crippen LogP contribution in [0.4, 0.5) is 0 Å². The van der Waals surface area contributed by atoms with Crippen LogP contribution in [0, 0.1) is 0 Å². The average molecular weight is 481 g/mol. The highest BCUT2D eigenvalue weighted by atomic mass is 32.2. The monoisotopic (exact) mass is 480 g/mol. The molecule has 0 aliphatic carbocycles. The molecule has 0 spiro atoms. The number of hydrogen-bond donors (Lipinski definition) is 1. The van der Waals surface area contributed by atoms with Crippen LogP contribution < -0.4 is 14.8 Å². The van der Waals surface area contributed by atoms with Crippen molar-refractivity contribution in [3.63, 3.8) is 0 Å². The van der Waals surface area contributed by atoms with Gasteiger partial charge in [0.2, 0.25) is 10.0 Å². The van der Waals surface area contributed by atoms with E-state index in [-0.39, 0.29) is 10.8 Å². The summed E-state index contributed by atoms with van der Waals surface area (Å²) in [7, 11) is -1.92. The fourth-order valence-electron chi connectivity index (χ4n) is 3.82. The molecule has 4 rings (SSSR count). The Morgan fingerprint density at radius 3 is 2.29 bits per heavy atom. The molecule has 1 fully saturated rings. The van der Waals surface area contributed by atoms with Gasteiger partial charge in [0.25, 0.3) is 5.91 Å². The summed E-state index contributed by atoms with van der Waals surface area (Å²) in [5.41, 5.74) is 2.31. The molecule has 0 radical (unpaired) electrons. The van der Waals surface area contributed by atoms with Crippen molar-refractivity contribution in [2.24, 2.45) is 0 Å². The van der Waals surface area contributed by atoms with Crippen LogP contribution in [0.5, 0.6) is 11.5 Å². The molecule has 0 unspecified atom stereocenters. The lowest BCUT2D eigenvalue weighted by molar-refractivity contribution is 0.0950. The number of carbonyl (C=O) groups excluding carboxylic acids is 1. The second-order valence-corrected chi connectivity index (χ2v) is 10.0. The Kier molecular flexibility index (Phi) is 7.49. The third kappa shape index (κ3) is 5.58. The van der Waals surface area contributed by atoms with E-state index < -0.39 is 10.0 Å². The van der Waals surface area contributed by atoms with Gasteiger partial charge in [-0.3, -0.25) is 4.79 Å². The number of carbonyl (C=O) groups is 1. The van der Waals surface area contributed by atoms with Crippen LogP contribution in [0.15, 0.2) is 77.7 Å². The topological polar surface area (TPSA) is 84.9 Å². The van der Waals surface area contributed by atoms with E-state index in [9.17, 15) is 13.2 Å². The minimum Gasteiger partial charge on any atom is -0.493 e. The van der Waals surface area contributed by atoms with Gasteiger partial charge in [-0.25, -0.2) is 8.42 Å². The lowest BCUT2D eigenvalue weighted by Gasteiger charge is -2.15. The molecule has 1 N–H and O–H groups in total. The molecule has 34 heavy (non-hydrogen) atoms. The fraction of sp³-hybridized carbons (Fsp3) is 0.269. The zero-order valence-electron chi connectivity index (χ0n) is 19.1. The molecular weight excluding hydrogens is 452 g/mol. The smallest absolute Gasteiger partial charge is 0.251 e. The molecule has 1 amide bonds. The highest BCUT2D eigenvalue weighted by molar-refractivity contribution is 7.89. The molecule has 3 aromatic rings. The van der Waals surface area contributed by atoms with Crippen LogP contribution in [0.1, 0.15) is 34.3 Å². The number of sulfonamides is 1. The molecule has 0 aromatic heterocycles. The second-order valence-electron chi connectivity index (χ2n) is 8.08. The number of hydrogen-bond acceptors (Lipinski definition) is 5. The van der Waals surface area contributed by atoms with E-state index in [2.05, 4.69) is 5.32 Å². The van der Waals surface area contributed by atoms with Gasteiger partial charge in [-0.15, -0.1) is 0 Å². The zero-order valence-corrected chi connectivity index (χ0v) is 19.9. The Morgan fingerprint density at radius 1 is 0.912 bits per heavy atom. The molecule has 0 bridgehead atoms. The number of benzene rings is 3. The standard InChI is InChI=1S/C26H28N2O5S/c1-32-25-17-21(9-14-24(25)33-19-20-7-3-2-4-8-20)18-27-26(29)22-10-12-23(13-11-22)34(30,31)28-15-5-6-16-28/h2-4,7-14,17H,5-6,15-16,18-19H2,1H3,(H,27,29). The predicted molar refractivity (Wildman–Crippen MR) is 129 cm³/mol. The van der Waals surface area contributed by atoms with Gasteiger partial charge in [0.15, 0.2) is 11.5 Å². The highest BCUT2D eigenvalue weighted by Crippen LogP contribution is 2.29. The summed E-state index contributed by atoms with van der Waals surface area (Å²) < 4.78 is 38.1. The molecular formula is C26H28N2O5S. The first-order chi connectivity index (χ1) is 16.5. The first-order valence-corrected chi connectivity index (χ1v) is 12.6. The van der Waals surface area contributed by atoms with Crippen molar-refractivity contribution < 1.29 is 22.7 Å². The Labute approximate surface area is 200 Å². The van der Waals surface area contributed by atoms with Crippen LogP contribution in [0.2, 0.25) is 0 Å². The van der Waals surface area contributed by atoms with Gasteiger partial charge in [-0.2, -0.15) is 4.31 Å².